The first-order valence-corrected chi connectivity index (χ1v) is 8.46. The van der Waals surface area contributed by atoms with Crippen molar-refractivity contribution in [2.75, 3.05) is 12.3 Å². The summed E-state index contributed by atoms with van der Waals surface area (Å²) in [6, 6.07) is 12.5. The molecule has 1 unspecified atom stereocenters. The van der Waals surface area contributed by atoms with Gasteiger partial charge in [-0.1, -0.05) is 35.9 Å². The number of nitrogen functional groups attached to an aromatic ring is 1. The Kier molecular flexibility index (Phi) is 3.65. The van der Waals surface area contributed by atoms with E-state index < -0.39 is 10.0 Å². The lowest BCUT2D eigenvalue weighted by atomic mass is 9.78. The van der Waals surface area contributed by atoms with Crippen molar-refractivity contribution in [3.8, 4) is 0 Å². The second-order valence-electron chi connectivity index (χ2n) is 5.14. The van der Waals surface area contributed by atoms with Gasteiger partial charge in [0, 0.05) is 18.2 Å². The lowest BCUT2D eigenvalue weighted by molar-refractivity contribution is 0.552. The van der Waals surface area contributed by atoms with Crippen molar-refractivity contribution in [1.29, 1.82) is 0 Å². The molecule has 0 heterocycles. The van der Waals surface area contributed by atoms with Gasteiger partial charge in [-0.3, -0.25) is 0 Å². The van der Waals surface area contributed by atoms with Crippen LogP contribution in [0, 0.1) is 0 Å². The Labute approximate surface area is 129 Å². The van der Waals surface area contributed by atoms with E-state index in [-0.39, 0.29) is 15.8 Å². The maximum absolute atomic E-state index is 12.3. The zero-order valence-electron chi connectivity index (χ0n) is 11.2. The van der Waals surface area contributed by atoms with E-state index in [0.29, 0.717) is 12.2 Å². The second-order valence-corrected chi connectivity index (χ2v) is 7.28. The highest BCUT2D eigenvalue weighted by Crippen LogP contribution is 2.34. The third-order valence-electron chi connectivity index (χ3n) is 3.73. The number of fused-ring (bicyclic) bond motifs is 1. The highest BCUT2D eigenvalue weighted by atomic mass is 35.5. The summed E-state index contributed by atoms with van der Waals surface area (Å²) >= 11 is 5.95. The van der Waals surface area contributed by atoms with Crippen LogP contribution >= 0.6 is 11.6 Å². The molecule has 1 atom stereocenters. The van der Waals surface area contributed by atoms with Gasteiger partial charge in [-0.2, -0.15) is 0 Å². The van der Waals surface area contributed by atoms with Crippen molar-refractivity contribution in [2.45, 2.75) is 17.2 Å². The van der Waals surface area contributed by atoms with E-state index in [0.717, 1.165) is 6.42 Å². The molecule has 6 heteroatoms. The summed E-state index contributed by atoms with van der Waals surface area (Å²) in [5, 5.41) is 0.172. The molecule has 0 amide bonds. The molecule has 110 valence electrons. The molecule has 0 saturated heterocycles. The van der Waals surface area contributed by atoms with Gasteiger partial charge in [-0.25, -0.2) is 13.1 Å². The zero-order chi connectivity index (χ0) is 15.0. The smallest absolute Gasteiger partial charge is 0.242 e. The fourth-order valence-corrected chi connectivity index (χ4v) is 4.17. The number of hydrogen-bond donors (Lipinski definition) is 2. The maximum Gasteiger partial charge on any atom is 0.242 e. The molecule has 21 heavy (non-hydrogen) atoms. The van der Waals surface area contributed by atoms with E-state index in [4.69, 9.17) is 17.3 Å². The first-order chi connectivity index (χ1) is 9.97. The predicted octanol–water partition coefficient (Wildman–Crippen LogP) is 2.54. The Balaban J connectivity index is 1.75. The fraction of sp³-hybridized carbons (Fsp3) is 0.200. The van der Waals surface area contributed by atoms with E-state index in [9.17, 15) is 8.42 Å². The second kappa shape index (κ2) is 5.33. The van der Waals surface area contributed by atoms with Crippen LogP contribution in [0.2, 0.25) is 5.02 Å². The van der Waals surface area contributed by atoms with Crippen molar-refractivity contribution >= 4 is 27.3 Å². The van der Waals surface area contributed by atoms with Gasteiger partial charge in [0.15, 0.2) is 0 Å². The van der Waals surface area contributed by atoms with Gasteiger partial charge in [-0.15, -0.1) is 0 Å². The molecule has 3 N–H and O–H groups in total. The number of sulfonamides is 1. The number of halogens is 1. The van der Waals surface area contributed by atoms with E-state index >= 15 is 0 Å². The van der Waals surface area contributed by atoms with Crippen LogP contribution in [0.1, 0.15) is 17.0 Å². The molecule has 0 aliphatic heterocycles. The van der Waals surface area contributed by atoms with Gasteiger partial charge < -0.3 is 5.73 Å². The minimum atomic E-state index is -3.65. The summed E-state index contributed by atoms with van der Waals surface area (Å²) in [6.07, 6.45) is 0.892. The van der Waals surface area contributed by atoms with Gasteiger partial charge >= 0.3 is 0 Å². The molecule has 1 aliphatic rings. The molecule has 0 radical (unpaired) electrons. The maximum atomic E-state index is 12.3. The third-order valence-corrected chi connectivity index (χ3v) is 5.63. The van der Waals surface area contributed by atoms with Crippen molar-refractivity contribution in [1.82, 2.24) is 4.72 Å². The Hall–Kier alpha value is -1.56. The summed E-state index contributed by atoms with van der Waals surface area (Å²) in [7, 11) is -3.65. The van der Waals surface area contributed by atoms with Crippen LogP contribution < -0.4 is 10.5 Å². The Morgan fingerprint density at radius 2 is 2.00 bits per heavy atom. The minimum absolute atomic E-state index is 0.0248. The monoisotopic (exact) mass is 322 g/mol. The van der Waals surface area contributed by atoms with Gasteiger partial charge in [0.2, 0.25) is 10.0 Å². The van der Waals surface area contributed by atoms with Crippen molar-refractivity contribution in [3.63, 3.8) is 0 Å². The first-order valence-electron chi connectivity index (χ1n) is 6.60. The molecule has 1 aliphatic carbocycles. The Morgan fingerprint density at radius 1 is 1.24 bits per heavy atom. The van der Waals surface area contributed by atoms with Crippen molar-refractivity contribution < 1.29 is 8.42 Å². The standard InChI is InChI=1S/C15H15ClN2O2S/c16-14-6-5-12(17)8-15(14)21(19,20)18-9-11-7-10-3-1-2-4-13(10)11/h1-6,8,11,18H,7,9,17H2. The minimum Gasteiger partial charge on any atom is -0.399 e. The molecular formula is C15H15ClN2O2S. The summed E-state index contributed by atoms with van der Waals surface area (Å²) in [5.41, 5.74) is 8.49. The van der Waals surface area contributed by atoms with Crippen molar-refractivity contribution in [2.24, 2.45) is 0 Å². The summed E-state index contributed by atoms with van der Waals surface area (Å²) in [5.74, 6) is 0.218. The fourth-order valence-electron chi connectivity index (χ4n) is 2.56. The highest BCUT2D eigenvalue weighted by Gasteiger charge is 2.27. The molecule has 0 fully saturated rings. The molecule has 4 nitrogen and oxygen atoms in total. The van der Waals surface area contributed by atoms with Crippen LogP contribution in [-0.2, 0) is 16.4 Å². The largest absolute Gasteiger partial charge is 0.399 e. The molecular weight excluding hydrogens is 308 g/mol. The molecule has 0 spiro atoms. The first kappa shape index (κ1) is 14.4. The quantitative estimate of drug-likeness (QED) is 0.850. The van der Waals surface area contributed by atoms with Crippen LogP contribution in [0.15, 0.2) is 47.4 Å². The highest BCUT2D eigenvalue weighted by molar-refractivity contribution is 7.89. The average molecular weight is 323 g/mol. The van der Waals surface area contributed by atoms with E-state index in [1.807, 2.05) is 18.2 Å². The van der Waals surface area contributed by atoms with E-state index in [1.54, 1.807) is 6.07 Å². The normalized spacial score (nSPS) is 17.1. The average Bonchev–Trinajstić information content (AvgIpc) is 2.42. The zero-order valence-corrected chi connectivity index (χ0v) is 12.8. The van der Waals surface area contributed by atoms with Gasteiger partial charge in [0.05, 0.1) is 5.02 Å². The lowest BCUT2D eigenvalue weighted by Crippen LogP contribution is -2.33. The van der Waals surface area contributed by atoms with E-state index in [2.05, 4.69) is 10.8 Å². The summed E-state index contributed by atoms with van der Waals surface area (Å²) in [4.78, 5) is 0.0248. The van der Waals surface area contributed by atoms with Gasteiger partial charge in [0.25, 0.3) is 0 Å². The summed E-state index contributed by atoms with van der Waals surface area (Å²) < 4.78 is 27.2. The lowest BCUT2D eigenvalue weighted by Gasteiger charge is -2.30. The molecule has 2 aromatic rings. The Morgan fingerprint density at radius 3 is 2.76 bits per heavy atom. The number of benzene rings is 2. The van der Waals surface area contributed by atoms with Gasteiger partial charge in [-0.05, 0) is 35.7 Å². The topological polar surface area (TPSA) is 72.2 Å². The number of rotatable bonds is 4. The number of nitrogens with one attached hydrogen (secondary N) is 1. The van der Waals surface area contributed by atoms with E-state index in [1.165, 1.54) is 23.3 Å². The summed E-state index contributed by atoms with van der Waals surface area (Å²) in [6.45, 7) is 0.366. The van der Waals surface area contributed by atoms with Crippen LogP contribution in [0.5, 0.6) is 0 Å². The SMILES string of the molecule is Nc1ccc(Cl)c(S(=O)(=O)NCC2Cc3ccccc32)c1. The van der Waals surface area contributed by atoms with Crippen LogP contribution in [0.3, 0.4) is 0 Å². The molecule has 0 bridgehead atoms. The number of anilines is 1. The molecule has 2 aromatic carbocycles. The third kappa shape index (κ3) is 2.77. The predicted molar refractivity (Wildman–Crippen MR) is 83.9 cm³/mol. The van der Waals surface area contributed by atoms with Crippen LogP contribution in [0.25, 0.3) is 0 Å². The van der Waals surface area contributed by atoms with Gasteiger partial charge in [0.1, 0.15) is 4.90 Å². The molecule has 3 rings (SSSR count). The van der Waals surface area contributed by atoms with Crippen LogP contribution in [0.4, 0.5) is 5.69 Å². The molecule has 0 aromatic heterocycles. The molecule has 0 saturated carbocycles. The Bertz CT molecular complexity index is 790. The van der Waals surface area contributed by atoms with Crippen LogP contribution in [-0.4, -0.2) is 15.0 Å². The number of hydrogen-bond acceptors (Lipinski definition) is 3. The number of nitrogens with two attached hydrogens (primary N) is 1. The van der Waals surface area contributed by atoms with Crippen molar-refractivity contribution in [3.05, 3.63) is 58.6 Å².